The van der Waals surface area contributed by atoms with Gasteiger partial charge in [0.2, 0.25) is 0 Å². The first-order valence-electron chi connectivity index (χ1n) is 9.57. The number of halogens is 1. The van der Waals surface area contributed by atoms with Crippen LogP contribution in [0.2, 0.25) is 5.02 Å². The summed E-state index contributed by atoms with van der Waals surface area (Å²) in [6.07, 6.45) is 6.79. The van der Waals surface area contributed by atoms with Crippen LogP contribution in [0.5, 0.6) is 0 Å². The molecule has 152 valence electrons. The lowest BCUT2D eigenvalue weighted by Gasteiger charge is -2.43. The second-order valence-electron chi connectivity index (χ2n) is 8.48. The predicted octanol–water partition coefficient (Wildman–Crippen LogP) is 4.91. The van der Waals surface area contributed by atoms with Gasteiger partial charge in [0, 0.05) is 23.0 Å². The fraction of sp³-hybridized carbons (Fsp3) is 0.571. The smallest absolute Gasteiger partial charge is 0.276 e. The lowest BCUT2D eigenvalue weighted by atomic mass is 9.64. The summed E-state index contributed by atoms with van der Waals surface area (Å²) >= 11 is 6.17. The van der Waals surface area contributed by atoms with Gasteiger partial charge in [0.25, 0.3) is 5.79 Å². The lowest BCUT2D eigenvalue weighted by Crippen LogP contribution is -2.52. The van der Waals surface area contributed by atoms with Crippen LogP contribution in [-0.2, 0) is 26.2 Å². The first-order valence-corrected chi connectivity index (χ1v) is 11.1. The maximum Gasteiger partial charge on any atom is 0.276 e. The topological polar surface area (TPSA) is 71.3 Å². The molecular formula is C21H27ClN2O3S. The normalized spacial score (nSPS) is 21.7. The van der Waals surface area contributed by atoms with E-state index in [0.717, 1.165) is 24.8 Å². The molecule has 0 saturated heterocycles. The van der Waals surface area contributed by atoms with Gasteiger partial charge < -0.3 is 9.47 Å². The first-order chi connectivity index (χ1) is 13.2. The minimum absolute atomic E-state index is 0.213. The SMILES string of the molecule is CC(C)(C)[S@](=O)N[C@H](CCC1(c2cccc(Cl)c2)OC=CO1)C1(C#N)CCC1. The van der Waals surface area contributed by atoms with Crippen molar-refractivity contribution in [3.05, 3.63) is 47.4 Å². The monoisotopic (exact) mass is 422 g/mol. The van der Waals surface area contributed by atoms with Gasteiger partial charge in [0.15, 0.2) is 0 Å². The molecule has 2 atom stereocenters. The molecule has 0 radical (unpaired) electrons. The van der Waals surface area contributed by atoms with Crippen molar-refractivity contribution in [1.29, 1.82) is 5.26 Å². The van der Waals surface area contributed by atoms with Crippen molar-refractivity contribution in [3.63, 3.8) is 0 Å². The minimum Gasteiger partial charge on any atom is -0.453 e. The summed E-state index contributed by atoms with van der Waals surface area (Å²) in [5.74, 6) is -0.978. The molecule has 0 aromatic heterocycles. The molecule has 7 heteroatoms. The van der Waals surface area contributed by atoms with Gasteiger partial charge in [0.05, 0.1) is 27.2 Å². The van der Waals surface area contributed by atoms with Crippen molar-refractivity contribution in [2.24, 2.45) is 5.41 Å². The zero-order valence-corrected chi connectivity index (χ0v) is 18.1. The molecule has 1 saturated carbocycles. The van der Waals surface area contributed by atoms with Gasteiger partial charge in [-0.25, -0.2) is 8.93 Å². The maximum atomic E-state index is 12.8. The van der Waals surface area contributed by atoms with Gasteiger partial charge in [-0.15, -0.1) is 0 Å². The molecule has 1 aromatic rings. The second-order valence-corrected chi connectivity index (χ2v) is 10.9. The minimum atomic E-state index is -1.27. The molecule has 0 unspecified atom stereocenters. The molecule has 1 N–H and O–H groups in total. The fourth-order valence-electron chi connectivity index (χ4n) is 3.61. The van der Waals surface area contributed by atoms with Gasteiger partial charge in [0.1, 0.15) is 12.5 Å². The molecule has 1 aliphatic heterocycles. The average Bonchev–Trinajstić information content (AvgIpc) is 3.08. The van der Waals surface area contributed by atoms with Crippen LogP contribution in [0, 0.1) is 16.7 Å². The molecule has 0 spiro atoms. The Morgan fingerprint density at radius 1 is 1.32 bits per heavy atom. The summed E-state index contributed by atoms with van der Waals surface area (Å²) < 4.78 is 27.3. The van der Waals surface area contributed by atoms with Crippen molar-refractivity contribution >= 4 is 22.6 Å². The van der Waals surface area contributed by atoms with Crippen molar-refractivity contribution in [3.8, 4) is 6.07 Å². The zero-order chi connectivity index (χ0) is 20.4. The van der Waals surface area contributed by atoms with Gasteiger partial charge in [-0.2, -0.15) is 5.26 Å². The van der Waals surface area contributed by atoms with E-state index in [4.69, 9.17) is 21.1 Å². The van der Waals surface area contributed by atoms with Crippen molar-refractivity contribution in [1.82, 2.24) is 4.72 Å². The second kappa shape index (κ2) is 8.06. The first kappa shape index (κ1) is 21.2. The van der Waals surface area contributed by atoms with Crippen LogP contribution >= 0.6 is 11.6 Å². The van der Waals surface area contributed by atoms with Gasteiger partial charge in [-0.1, -0.05) is 30.2 Å². The number of benzene rings is 1. The summed E-state index contributed by atoms with van der Waals surface area (Å²) in [7, 11) is -1.27. The highest BCUT2D eigenvalue weighted by molar-refractivity contribution is 7.84. The van der Waals surface area contributed by atoms with E-state index in [2.05, 4.69) is 10.8 Å². The van der Waals surface area contributed by atoms with E-state index in [0.29, 0.717) is 17.9 Å². The Morgan fingerprint density at radius 2 is 2.00 bits per heavy atom. The molecule has 28 heavy (non-hydrogen) atoms. The third-order valence-corrected chi connectivity index (χ3v) is 7.39. The van der Waals surface area contributed by atoms with Gasteiger partial charge in [-0.05, 0) is 52.2 Å². The summed E-state index contributed by atoms with van der Waals surface area (Å²) in [6, 6.07) is 9.68. The zero-order valence-electron chi connectivity index (χ0n) is 16.5. The molecule has 1 aliphatic carbocycles. The molecule has 1 aromatic carbocycles. The van der Waals surface area contributed by atoms with Crippen molar-refractivity contribution in [2.45, 2.75) is 69.5 Å². The van der Waals surface area contributed by atoms with E-state index in [1.165, 1.54) is 12.5 Å². The summed E-state index contributed by atoms with van der Waals surface area (Å²) in [5.41, 5.74) is 0.322. The number of hydrogen-bond acceptors (Lipinski definition) is 4. The number of nitrogens with one attached hydrogen (secondary N) is 1. The molecular weight excluding hydrogens is 396 g/mol. The summed E-state index contributed by atoms with van der Waals surface area (Å²) in [6.45, 7) is 5.77. The third kappa shape index (κ3) is 4.22. The number of rotatable bonds is 7. The number of hydrogen-bond donors (Lipinski definition) is 1. The highest BCUT2D eigenvalue weighted by Gasteiger charge is 2.48. The van der Waals surface area contributed by atoms with Crippen LogP contribution in [0.15, 0.2) is 36.8 Å². The van der Waals surface area contributed by atoms with Crippen LogP contribution in [0.4, 0.5) is 0 Å². The molecule has 1 heterocycles. The van der Waals surface area contributed by atoms with E-state index in [-0.39, 0.29) is 6.04 Å². The number of nitrogens with zero attached hydrogens (tertiary/aromatic N) is 1. The summed E-state index contributed by atoms with van der Waals surface area (Å²) in [4.78, 5) is 0. The lowest BCUT2D eigenvalue weighted by molar-refractivity contribution is -0.158. The van der Waals surface area contributed by atoms with Gasteiger partial charge >= 0.3 is 0 Å². The third-order valence-electron chi connectivity index (χ3n) is 5.54. The van der Waals surface area contributed by atoms with E-state index < -0.39 is 26.9 Å². The quantitative estimate of drug-likeness (QED) is 0.677. The van der Waals surface area contributed by atoms with E-state index in [1.54, 1.807) is 6.07 Å². The Morgan fingerprint density at radius 3 is 2.50 bits per heavy atom. The van der Waals surface area contributed by atoms with Crippen LogP contribution < -0.4 is 4.72 Å². The highest BCUT2D eigenvalue weighted by atomic mass is 35.5. The molecule has 0 bridgehead atoms. The summed E-state index contributed by atoms with van der Waals surface area (Å²) in [5, 5.41) is 10.5. The van der Waals surface area contributed by atoms with Crippen LogP contribution in [0.1, 0.15) is 58.4 Å². The number of ether oxygens (including phenoxy) is 2. The van der Waals surface area contributed by atoms with Crippen LogP contribution in [-0.4, -0.2) is 15.0 Å². The van der Waals surface area contributed by atoms with E-state index in [1.807, 2.05) is 39.0 Å². The Hall–Kier alpha value is -1.55. The maximum absolute atomic E-state index is 12.8. The Kier molecular flexibility index (Phi) is 6.09. The Labute approximate surface area is 174 Å². The van der Waals surface area contributed by atoms with Crippen molar-refractivity contribution < 1.29 is 13.7 Å². The largest absolute Gasteiger partial charge is 0.453 e. The number of nitriles is 1. The predicted molar refractivity (Wildman–Crippen MR) is 110 cm³/mol. The van der Waals surface area contributed by atoms with Crippen LogP contribution in [0.3, 0.4) is 0 Å². The average molecular weight is 423 g/mol. The standard InChI is InChI=1S/C21H27ClN2O3S/c1-19(2,3)28(25)24-18(20(15-23)9-5-10-20)8-11-21(26-12-13-27-21)16-6-4-7-17(22)14-16/h4,6-7,12-14,18,24H,5,8-11H2,1-3H3/t18-,28+/m1/s1. The van der Waals surface area contributed by atoms with Crippen molar-refractivity contribution in [2.75, 3.05) is 0 Å². The molecule has 3 rings (SSSR count). The van der Waals surface area contributed by atoms with E-state index >= 15 is 0 Å². The van der Waals surface area contributed by atoms with E-state index in [9.17, 15) is 9.47 Å². The van der Waals surface area contributed by atoms with Gasteiger partial charge in [-0.3, -0.25) is 0 Å². The molecule has 5 nitrogen and oxygen atoms in total. The Bertz CT molecular complexity index is 801. The molecule has 0 amide bonds. The molecule has 1 fully saturated rings. The highest BCUT2D eigenvalue weighted by Crippen LogP contribution is 2.47. The Balaban J connectivity index is 1.82. The molecule has 2 aliphatic rings. The fourth-order valence-corrected chi connectivity index (χ4v) is 4.76. The van der Waals surface area contributed by atoms with Crippen LogP contribution in [0.25, 0.3) is 0 Å².